The quantitative estimate of drug-likeness (QED) is 0.837. The highest BCUT2D eigenvalue weighted by molar-refractivity contribution is 5.85. The van der Waals surface area contributed by atoms with E-state index in [1.165, 1.54) is 5.56 Å². The number of hydrogen-bond donors (Lipinski definition) is 2. The minimum absolute atomic E-state index is 0.0222. The molecule has 100 valence electrons. The zero-order valence-corrected chi connectivity index (χ0v) is 12.0. The van der Waals surface area contributed by atoms with Crippen LogP contribution in [0.25, 0.3) is 0 Å². The second-order valence-electron chi connectivity index (χ2n) is 5.81. The SMILES string of the molecule is CNC(C)(C)C(=O)NCC(C)(C)c1ccccc1. The van der Waals surface area contributed by atoms with E-state index in [1.807, 2.05) is 32.0 Å². The number of rotatable bonds is 5. The van der Waals surface area contributed by atoms with E-state index in [4.69, 9.17) is 0 Å². The van der Waals surface area contributed by atoms with Gasteiger partial charge in [0.1, 0.15) is 0 Å². The molecular weight excluding hydrogens is 224 g/mol. The van der Waals surface area contributed by atoms with Crippen molar-refractivity contribution >= 4 is 5.91 Å². The van der Waals surface area contributed by atoms with Gasteiger partial charge in [-0.05, 0) is 26.5 Å². The molecule has 1 aromatic carbocycles. The van der Waals surface area contributed by atoms with Gasteiger partial charge in [-0.1, -0.05) is 44.2 Å². The summed E-state index contributed by atoms with van der Waals surface area (Å²) in [5.74, 6) is 0.0222. The van der Waals surface area contributed by atoms with Crippen LogP contribution in [0.15, 0.2) is 30.3 Å². The summed E-state index contributed by atoms with van der Waals surface area (Å²) in [7, 11) is 1.79. The number of carbonyl (C=O) groups is 1. The molecule has 18 heavy (non-hydrogen) atoms. The summed E-state index contributed by atoms with van der Waals surface area (Å²) in [5.41, 5.74) is 0.626. The smallest absolute Gasteiger partial charge is 0.239 e. The summed E-state index contributed by atoms with van der Waals surface area (Å²) < 4.78 is 0. The molecule has 0 aliphatic rings. The fraction of sp³-hybridized carbons (Fsp3) is 0.533. The van der Waals surface area contributed by atoms with E-state index < -0.39 is 5.54 Å². The van der Waals surface area contributed by atoms with Crippen molar-refractivity contribution in [2.45, 2.75) is 38.6 Å². The van der Waals surface area contributed by atoms with Gasteiger partial charge in [-0.2, -0.15) is 0 Å². The number of carbonyl (C=O) groups excluding carboxylic acids is 1. The lowest BCUT2D eigenvalue weighted by molar-refractivity contribution is -0.126. The molecule has 0 heterocycles. The largest absolute Gasteiger partial charge is 0.354 e. The molecule has 0 bridgehead atoms. The molecule has 0 fully saturated rings. The number of amides is 1. The standard InChI is InChI=1S/C15H24N2O/c1-14(2,12-9-7-6-8-10-12)11-17-13(18)15(3,4)16-5/h6-10,16H,11H2,1-5H3,(H,17,18). The first-order valence-corrected chi connectivity index (χ1v) is 6.32. The molecule has 0 atom stereocenters. The van der Waals surface area contributed by atoms with Gasteiger partial charge in [0.05, 0.1) is 5.54 Å². The Morgan fingerprint density at radius 1 is 1.11 bits per heavy atom. The first-order valence-electron chi connectivity index (χ1n) is 6.32. The summed E-state index contributed by atoms with van der Waals surface area (Å²) >= 11 is 0. The lowest BCUT2D eigenvalue weighted by atomic mass is 9.84. The van der Waals surface area contributed by atoms with Crippen molar-refractivity contribution in [3.05, 3.63) is 35.9 Å². The van der Waals surface area contributed by atoms with Gasteiger partial charge in [0, 0.05) is 12.0 Å². The summed E-state index contributed by atoms with van der Waals surface area (Å²) in [6.07, 6.45) is 0. The highest BCUT2D eigenvalue weighted by Gasteiger charge is 2.28. The summed E-state index contributed by atoms with van der Waals surface area (Å²) in [5, 5.41) is 6.02. The van der Waals surface area contributed by atoms with Gasteiger partial charge in [0.25, 0.3) is 0 Å². The van der Waals surface area contributed by atoms with Gasteiger partial charge >= 0.3 is 0 Å². The van der Waals surface area contributed by atoms with Crippen LogP contribution in [-0.4, -0.2) is 25.0 Å². The van der Waals surface area contributed by atoms with E-state index in [0.29, 0.717) is 6.54 Å². The molecule has 3 nitrogen and oxygen atoms in total. The third-order valence-corrected chi connectivity index (χ3v) is 3.44. The molecule has 3 heteroatoms. The Hall–Kier alpha value is -1.35. The lowest BCUT2D eigenvalue weighted by Gasteiger charge is -2.29. The van der Waals surface area contributed by atoms with Crippen molar-refractivity contribution in [3.8, 4) is 0 Å². The topological polar surface area (TPSA) is 41.1 Å². The fourth-order valence-corrected chi connectivity index (χ4v) is 1.63. The van der Waals surface area contributed by atoms with E-state index in [-0.39, 0.29) is 11.3 Å². The predicted molar refractivity (Wildman–Crippen MR) is 75.6 cm³/mol. The van der Waals surface area contributed by atoms with Crippen LogP contribution in [0.1, 0.15) is 33.3 Å². The molecular formula is C15H24N2O. The Labute approximate surface area is 110 Å². The Bertz CT molecular complexity index is 396. The highest BCUT2D eigenvalue weighted by Crippen LogP contribution is 2.21. The average molecular weight is 248 g/mol. The molecule has 1 amide bonds. The Morgan fingerprint density at radius 2 is 1.67 bits per heavy atom. The van der Waals surface area contributed by atoms with Gasteiger partial charge in [0.15, 0.2) is 0 Å². The first-order chi connectivity index (χ1) is 8.29. The number of hydrogen-bond acceptors (Lipinski definition) is 2. The summed E-state index contributed by atoms with van der Waals surface area (Å²) in [6, 6.07) is 10.2. The average Bonchev–Trinajstić information content (AvgIpc) is 2.37. The molecule has 1 aromatic rings. The van der Waals surface area contributed by atoms with Gasteiger partial charge < -0.3 is 10.6 Å². The zero-order chi connectivity index (χ0) is 13.8. The molecule has 0 aromatic heterocycles. The molecule has 0 saturated carbocycles. The van der Waals surface area contributed by atoms with Crippen molar-refractivity contribution in [2.75, 3.05) is 13.6 Å². The predicted octanol–water partition coefficient (Wildman–Crippen LogP) is 2.08. The molecule has 0 spiro atoms. The molecule has 0 unspecified atom stereocenters. The second-order valence-corrected chi connectivity index (χ2v) is 5.81. The molecule has 0 aliphatic carbocycles. The summed E-state index contributed by atoms with van der Waals surface area (Å²) in [4.78, 5) is 12.0. The summed E-state index contributed by atoms with van der Waals surface area (Å²) in [6.45, 7) is 8.64. The highest BCUT2D eigenvalue weighted by atomic mass is 16.2. The van der Waals surface area contributed by atoms with Crippen molar-refractivity contribution in [1.29, 1.82) is 0 Å². The number of nitrogens with one attached hydrogen (secondary N) is 2. The van der Waals surface area contributed by atoms with Gasteiger partial charge in [0.2, 0.25) is 5.91 Å². The van der Waals surface area contributed by atoms with Gasteiger partial charge in [-0.3, -0.25) is 4.79 Å². The van der Waals surface area contributed by atoms with Gasteiger partial charge in [-0.25, -0.2) is 0 Å². The van der Waals surface area contributed by atoms with E-state index in [9.17, 15) is 4.79 Å². The lowest BCUT2D eigenvalue weighted by Crippen LogP contribution is -2.53. The molecule has 0 aliphatic heterocycles. The van der Waals surface area contributed by atoms with Crippen LogP contribution in [0.2, 0.25) is 0 Å². The Morgan fingerprint density at radius 3 is 2.17 bits per heavy atom. The van der Waals surface area contributed by atoms with Crippen molar-refractivity contribution in [2.24, 2.45) is 0 Å². The minimum Gasteiger partial charge on any atom is -0.354 e. The van der Waals surface area contributed by atoms with E-state index >= 15 is 0 Å². The molecule has 1 rings (SSSR count). The van der Waals surface area contributed by atoms with Crippen LogP contribution in [0.5, 0.6) is 0 Å². The Balaban J connectivity index is 2.66. The maximum absolute atomic E-state index is 12.0. The van der Waals surface area contributed by atoms with E-state index in [1.54, 1.807) is 7.05 Å². The monoisotopic (exact) mass is 248 g/mol. The molecule has 0 saturated heterocycles. The van der Waals surface area contributed by atoms with Crippen LogP contribution in [0, 0.1) is 0 Å². The van der Waals surface area contributed by atoms with Crippen LogP contribution in [0.3, 0.4) is 0 Å². The van der Waals surface area contributed by atoms with Crippen LogP contribution >= 0.6 is 0 Å². The maximum atomic E-state index is 12.0. The van der Waals surface area contributed by atoms with Crippen molar-refractivity contribution < 1.29 is 4.79 Å². The molecule has 0 radical (unpaired) electrons. The third kappa shape index (κ3) is 3.57. The third-order valence-electron chi connectivity index (χ3n) is 3.44. The van der Waals surface area contributed by atoms with Crippen LogP contribution in [0.4, 0.5) is 0 Å². The van der Waals surface area contributed by atoms with Crippen molar-refractivity contribution in [3.63, 3.8) is 0 Å². The number of benzene rings is 1. The van der Waals surface area contributed by atoms with Crippen molar-refractivity contribution in [1.82, 2.24) is 10.6 Å². The minimum atomic E-state index is -0.535. The Kier molecular flexibility index (Phi) is 4.52. The molecule has 2 N–H and O–H groups in total. The normalized spacial score (nSPS) is 12.3. The second kappa shape index (κ2) is 5.53. The first kappa shape index (κ1) is 14.7. The fourth-order valence-electron chi connectivity index (χ4n) is 1.63. The van der Waals surface area contributed by atoms with Gasteiger partial charge in [-0.15, -0.1) is 0 Å². The zero-order valence-electron chi connectivity index (χ0n) is 12.0. The number of likely N-dealkylation sites (N-methyl/N-ethyl adjacent to an activating group) is 1. The van der Waals surface area contributed by atoms with E-state index in [0.717, 1.165) is 0 Å². The van der Waals surface area contributed by atoms with Crippen LogP contribution in [-0.2, 0) is 10.2 Å². The maximum Gasteiger partial charge on any atom is 0.239 e. The van der Waals surface area contributed by atoms with E-state index in [2.05, 4.69) is 36.6 Å². The van der Waals surface area contributed by atoms with Crippen LogP contribution < -0.4 is 10.6 Å².